The Morgan fingerprint density at radius 1 is 1.03 bits per heavy atom. The van der Waals surface area contributed by atoms with Crippen LogP contribution < -0.4 is 10.1 Å². The number of para-hydroxylation sites is 1. The molecular formula is C23H26ClNO4. The van der Waals surface area contributed by atoms with Gasteiger partial charge in [0.1, 0.15) is 17.9 Å². The molecule has 1 aliphatic carbocycles. The molecule has 0 aliphatic heterocycles. The van der Waals surface area contributed by atoms with Gasteiger partial charge in [0.05, 0.1) is 0 Å². The molecule has 154 valence electrons. The minimum Gasteiger partial charge on any atom is -0.488 e. The lowest BCUT2D eigenvalue weighted by molar-refractivity contribution is -0.125. The predicted octanol–water partition coefficient (Wildman–Crippen LogP) is 4.77. The Balaban J connectivity index is 1.51. The summed E-state index contributed by atoms with van der Waals surface area (Å²) in [4.78, 5) is 24.6. The number of halogens is 1. The fourth-order valence-corrected chi connectivity index (χ4v) is 3.51. The topological polar surface area (TPSA) is 64.6 Å². The summed E-state index contributed by atoms with van der Waals surface area (Å²) in [6, 6.07) is 14.3. The number of rotatable bonds is 7. The highest BCUT2D eigenvalue weighted by molar-refractivity contribution is 6.30. The smallest absolute Gasteiger partial charge is 0.342 e. The fourth-order valence-electron chi connectivity index (χ4n) is 3.39. The van der Waals surface area contributed by atoms with E-state index in [1.165, 1.54) is 0 Å². The zero-order chi connectivity index (χ0) is 20.6. The van der Waals surface area contributed by atoms with Crippen molar-refractivity contribution in [3.8, 4) is 5.75 Å². The molecule has 0 heterocycles. The van der Waals surface area contributed by atoms with Gasteiger partial charge in [0, 0.05) is 11.1 Å². The first-order chi connectivity index (χ1) is 14.0. The average molecular weight is 416 g/mol. The molecule has 1 aliphatic rings. The third kappa shape index (κ3) is 6.50. The molecule has 0 bridgehead atoms. The molecule has 1 N–H and O–H groups in total. The Hall–Kier alpha value is -2.53. The Kier molecular flexibility index (Phi) is 7.53. The second kappa shape index (κ2) is 10.3. The molecule has 1 fully saturated rings. The van der Waals surface area contributed by atoms with Gasteiger partial charge in [-0.15, -0.1) is 0 Å². The number of amides is 1. The first kappa shape index (κ1) is 21.2. The van der Waals surface area contributed by atoms with Gasteiger partial charge in [-0.1, -0.05) is 42.8 Å². The second-order valence-corrected chi connectivity index (χ2v) is 7.95. The fraction of sp³-hybridized carbons (Fsp3) is 0.391. The van der Waals surface area contributed by atoms with Gasteiger partial charge in [0.2, 0.25) is 0 Å². The molecule has 0 saturated heterocycles. The number of benzene rings is 2. The van der Waals surface area contributed by atoms with Crippen molar-refractivity contribution < 1.29 is 19.1 Å². The molecule has 5 nitrogen and oxygen atoms in total. The molecule has 2 aromatic rings. The number of carbonyl (C=O) groups is 2. The normalized spacial score (nSPS) is 18.7. The number of hydrogen-bond acceptors (Lipinski definition) is 4. The largest absolute Gasteiger partial charge is 0.488 e. The minimum atomic E-state index is -0.580. The van der Waals surface area contributed by atoms with Gasteiger partial charge >= 0.3 is 5.97 Å². The van der Waals surface area contributed by atoms with Crippen LogP contribution in [0.15, 0.2) is 48.5 Å². The molecule has 2 aromatic carbocycles. The average Bonchev–Trinajstić information content (AvgIpc) is 2.73. The van der Waals surface area contributed by atoms with Crippen LogP contribution in [0, 0.1) is 5.92 Å². The monoisotopic (exact) mass is 415 g/mol. The van der Waals surface area contributed by atoms with Crippen molar-refractivity contribution in [1.29, 1.82) is 0 Å². The van der Waals surface area contributed by atoms with Gasteiger partial charge in [0.15, 0.2) is 6.61 Å². The summed E-state index contributed by atoms with van der Waals surface area (Å²) in [6.07, 6.45) is 4.18. The van der Waals surface area contributed by atoms with Crippen LogP contribution in [0.3, 0.4) is 0 Å². The highest BCUT2D eigenvalue weighted by atomic mass is 35.5. The molecular weight excluding hydrogens is 390 g/mol. The summed E-state index contributed by atoms with van der Waals surface area (Å²) in [7, 11) is 0. The van der Waals surface area contributed by atoms with Crippen LogP contribution in [0.1, 0.15) is 48.5 Å². The lowest BCUT2D eigenvalue weighted by atomic mass is 9.87. The summed E-state index contributed by atoms with van der Waals surface area (Å²) >= 11 is 5.89. The lowest BCUT2D eigenvalue weighted by Crippen LogP contribution is -2.39. The maximum atomic E-state index is 12.5. The molecule has 0 unspecified atom stereocenters. The van der Waals surface area contributed by atoms with Gasteiger partial charge in [-0.2, -0.15) is 0 Å². The molecule has 0 atom stereocenters. The number of hydrogen-bond donors (Lipinski definition) is 1. The van der Waals surface area contributed by atoms with Crippen molar-refractivity contribution in [3.63, 3.8) is 0 Å². The van der Waals surface area contributed by atoms with E-state index in [-0.39, 0.29) is 18.6 Å². The van der Waals surface area contributed by atoms with Crippen molar-refractivity contribution in [2.75, 3.05) is 6.61 Å². The van der Waals surface area contributed by atoms with Gasteiger partial charge in [-0.3, -0.25) is 4.79 Å². The van der Waals surface area contributed by atoms with Crippen molar-refractivity contribution in [2.24, 2.45) is 5.92 Å². The number of carbonyl (C=O) groups excluding carboxylic acids is 2. The number of ether oxygens (including phenoxy) is 2. The highest BCUT2D eigenvalue weighted by Crippen LogP contribution is 2.23. The Morgan fingerprint density at radius 2 is 1.72 bits per heavy atom. The van der Waals surface area contributed by atoms with Crippen LogP contribution in [0.4, 0.5) is 0 Å². The lowest BCUT2D eigenvalue weighted by Gasteiger charge is -2.26. The quantitative estimate of drug-likeness (QED) is 0.661. The number of nitrogens with one attached hydrogen (secondary N) is 1. The van der Waals surface area contributed by atoms with Gasteiger partial charge in [-0.05, 0) is 61.4 Å². The Morgan fingerprint density at radius 3 is 2.45 bits per heavy atom. The molecule has 1 amide bonds. The minimum absolute atomic E-state index is 0.174. The van der Waals surface area contributed by atoms with Crippen LogP contribution in [0.5, 0.6) is 5.75 Å². The maximum absolute atomic E-state index is 12.5. The maximum Gasteiger partial charge on any atom is 0.342 e. The van der Waals surface area contributed by atoms with E-state index in [4.69, 9.17) is 21.1 Å². The van der Waals surface area contributed by atoms with Gasteiger partial charge in [0.25, 0.3) is 5.91 Å². The van der Waals surface area contributed by atoms with E-state index in [0.717, 1.165) is 31.2 Å². The summed E-state index contributed by atoms with van der Waals surface area (Å²) in [5, 5.41) is 3.61. The summed E-state index contributed by atoms with van der Waals surface area (Å²) in [5.41, 5.74) is 1.22. The van der Waals surface area contributed by atoms with Crippen LogP contribution in [-0.2, 0) is 16.1 Å². The predicted molar refractivity (Wildman–Crippen MR) is 112 cm³/mol. The van der Waals surface area contributed by atoms with E-state index >= 15 is 0 Å². The van der Waals surface area contributed by atoms with Gasteiger partial charge < -0.3 is 14.8 Å². The van der Waals surface area contributed by atoms with Crippen LogP contribution in [-0.4, -0.2) is 24.5 Å². The van der Waals surface area contributed by atoms with Crippen molar-refractivity contribution in [2.45, 2.75) is 45.3 Å². The molecule has 29 heavy (non-hydrogen) atoms. The molecule has 0 aromatic heterocycles. The highest BCUT2D eigenvalue weighted by Gasteiger charge is 2.21. The van der Waals surface area contributed by atoms with Crippen LogP contribution in [0.25, 0.3) is 0 Å². The van der Waals surface area contributed by atoms with Crippen molar-refractivity contribution >= 4 is 23.5 Å². The van der Waals surface area contributed by atoms with Crippen molar-refractivity contribution in [3.05, 3.63) is 64.7 Å². The third-order valence-corrected chi connectivity index (χ3v) is 5.38. The Labute approximate surface area is 176 Å². The van der Waals surface area contributed by atoms with E-state index in [2.05, 4.69) is 12.2 Å². The SMILES string of the molecule is CC1CCC(NC(=O)COC(=O)c2ccccc2OCc2ccc(Cl)cc2)CC1. The van der Waals surface area contributed by atoms with Crippen LogP contribution >= 0.6 is 11.6 Å². The molecule has 6 heteroatoms. The summed E-state index contributed by atoms with van der Waals surface area (Å²) in [5.74, 6) is 0.279. The molecule has 0 radical (unpaired) electrons. The van der Waals surface area contributed by atoms with E-state index in [1.54, 1.807) is 36.4 Å². The van der Waals surface area contributed by atoms with E-state index in [1.807, 2.05) is 12.1 Å². The van der Waals surface area contributed by atoms with Gasteiger partial charge in [-0.25, -0.2) is 4.79 Å². The van der Waals surface area contributed by atoms with E-state index in [0.29, 0.717) is 28.9 Å². The zero-order valence-corrected chi connectivity index (χ0v) is 17.3. The Bertz CT molecular complexity index is 829. The standard InChI is InChI=1S/C23H26ClNO4/c1-16-6-12-19(13-7-16)25-22(26)15-29-23(27)20-4-2-3-5-21(20)28-14-17-8-10-18(24)11-9-17/h2-5,8-11,16,19H,6-7,12-15H2,1H3,(H,25,26). The summed E-state index contributed by atoms with van der Waals surface area (Å²) in [6.45, 7) is 2.23. The summed E-state index contributed by atoms with van der Waals surface area (Å²) < 4.78 is 11.0. The third-order valence-electron chi connectivity index (χ3n) is 5.13. The first-order valence-electron chi connectivity index (χ1n) is 9.94. The molecule has 3 rings (SSSR count). The van der Waals surface area contributed by atoms with E-state index in [9.17, 15) is 9.59 Å². The van der Waals surface area contributed by atoms with E-state index < -0.39 is 5.97 Å². The number of esters is 1. The molecule has 0 spiro atoms. The zero-order valence-electron chi connectivity index (χ0n) is 16.5. The van der Waals surface area contributed by atoms with Crippen molar-refractivity contribution in [1.82, 2.24) is 5.32 Å². The second-order valence-electron chi connectivity index (χ2n) is 7.51. The molecule has 1 saturated carbocycles. The first-order valence-corrected chi connectivity index (χ1v) is 10.3. The van der Waals surface area contributed by atoms with Crippen LogP contribution in [0.2, 0.25) is 5.02 Å².